The number of hydrogen-bond donors (Lipinski definition) is 0. The number of fused-ring (bicyclic) bond motifs is 1. The van der Waals surface area contributed by atoms with Gasteiger partial charge < -0.3 is 14.0 Å². The van der Waals surface area contributed by atoms with Crippen molar-refractivity contribution < 1.29 is 14.3 Å². The quantitative estimate of drug-likeness (QED) is 0.534. The molecule has 3 aromatic rings. The second-order valence-corrected chi connectivity index (χ2v) is 8.55. The third-order valence-electron chi connectivity index (χ3n) is 4.71. The molecule has 3 rings (SSSR count). The molecule has 0 aliphatic heterocycles. The van der Waals surface area contributed by atoms with Crippen LogP contribution in [-0.2, 0) is 24.2 Å². The fourth-order valence-corrected chi connectivity index (χ4v) is 4.54. The summed E-state index contributed by atoms with van der Waals surface area (Å²) < 4.78 is 14.0. The Labute approximate surface area is 179 Å². The number of ether oxygens (including phenoxy) is 2. The van der Waals surface area contributed by atoms with Crippen molar-refractivity contribution in [1.82, 2.24) is 4.57 Å². The third kappa shape index (κ3) is 5.03. The summed E-state index contributed by atoms with van der Waals surface area (Å²) in [5.74, 6) is 2.13. The van der Waals surface area contributed by atoms with Crippen LogP contribution in [0.25, 0.3) is 10.2 Å². The van der Waals surface area contributed by atoms with E-state index >= 15 is 0 Å². The molecule has 0 aliphatic rings. The van der Waals surface area contributed by atoms with Crippen molar-refractivity contribution in [3.63, 3.8) is 0 Å². The van der Waals surface area contributed by atoms with Crippen LogP contribution in [0.1, 0.15) is 18.1 Å². The van der Waals surface area contributed by atoms with E-state index in [0.29, 0.717) is 22.7 Å². The molecule has 0 spiro atoms. The van der Waals surface area contributed by atoms with Gasteiger partial charge in [-0.15, -0.1) is 0 Å². The number of thioether (sulfide) groups is 1. The van der Waals surface area contributed by atoms with E-state index in [0.717, 1.165) is 34.5 Å². The maximum absolute atomic E-state index is 12.7. The van der Waals surface area contributed by atoms with Gasteiger partial charge in [-0.3, -0.25) is 4.79 Å². The van der Waals surface area contributed by atoms with E-state index in [-0.39, 0.29) is 5.91 Å². The number of benzene rings is 2. The van der Waals surface area contributed by atoms with Gasteiger partial charge in [-0.05, 0) is 23.8 Å². The summed E-state index contributed by atoms with van der Waals surface area (Å²) in [5.41, 5.74) is 3.25. The van der Waals surface area contributed by atoms with E-state index in [4.69, 9.17) is 9.47 Å². The number of hydrogen-bond acceptors (Lipinski definition) is 5. The Hall–Kier alpha value is -2.25. The van der Waals surface area contributed by atoms with Crippen molar-refractivity contribution in [2.75, 3.05) is 26.2 Å². The van der Waals surface area contributed by atoms with Gasteiger partial charge in [0.15, 0.2) is 16.3 Å². The lowest BCUT2D eigenvalue weighted by Gasteiger charge is -2.09. The predicted molar refractivity (Wildman–Crippen MR) is 121 cm³/mol. The highest BCUT2D eigenvalue weighted by Gasteiger charge is 2.13. The molecule has 1 amide bonds. The molecule has 0 atom stereocenters. The summed E-state index contributed by atoms with van der Waals surface area (Å²) in [4.78, 5) is 17.8. The normalized spacial score (nSPS) is 11.8. The summed E-state index contributed by atoms with van der Waals surface area (Å²) in [6.45, 7) is 2.89. The van der Waals surface area contributed by atoms with Gasteiger partial charge in [-0.1, -0.05) is 42.5 Å². The first kappa shape index (κ1) is 21.5. The molecule has 2 aromatic carbocycles. The van der Waals surface area contributed by atoms with Gasteiger partial charge in [0.25, 0.3) is 5.91 Å². The first-order valence-corrected chi connectivity index (χ1v) is 11.7. The first-order chi connectivity index (χ1) is 14.1. The number of methoxy groups -OCH3 is 2. The maximum atomic E-state index is 12.7. The summed E-state index contributed by atoms with van der Waals surface area (Å²) in [7, 11) is 3.25. The van der Waals surface area contributed by atoms with E-state index in [1.807, 2.05) is 24.3 Å². The van der Waals surface area contributed by atoms with Gasteiger partial charge >= 0.3 is 0 Å². The molecular weight excluding hydrogens is 404 g/mol. The van der Waals surface area contributed by atoms with Gasteiger partial charge in [-0.2, -0.15) is 16.8 Å². The second kappa shape index (κ2) is 9.98. The van der Waals surface area contributed by atoms with Crippen molar-refractivity contribution in [1.29, 1.82) is 0 Å². The zero-order chi connectivity index (χ0) is 20.8. The number of aromatic nitrogens is 1. The summed E-state index contributed by atoms with van der Waals surface area (Å²) in [6, 6.07) is 12.1. The van der Waals surface area contributed by atoms with Crippen molar-refractivity contribution in [3.8, 4) is 11.5 Å². The number of amides is 1. The van der Waals surface area contributed by atoms with Crippen molar-refractivity contribution in [2.24, 2.45) is 4.99 Å². The molecule has 0 fully saturated rings. The number of carbonyl (C=O) groups is 1. The van der Waals surface area contributed by atoms with Gasteiger partial charge in [0.05, 0.1) is 30.9 Å². The van der Waals surface area contributed by atoms with E-state index in [1.165, 1.54) is 16.9 Å². The first-order valence-electron chi connectivity index (χ1n) is 9.49. The molecule has 0 saturated heterocycles. The average Bonchev–Trinajstić information content (AvgIpc) is 3.07. The number of carbonyl (C=O) groups excluding carboxylic acids is 1. The van der Waals surface area contributed by atoms with Crippen LogP contribution in [0.2, 0.25) is 0 Å². The molecule has 1 aromatic heterocycles. The Kier molecular flexibility index (Phi) is 7.39. The molecule has 0 N–H and O–H groups in total. The molecule has 0 bridgehead atoms. The molecule has 0 radical (unpaired) electrons. The third-order valence-corrected chi connectivity index (χ3v) is 6.35. The number of rotatable bonds is 8. The van der Waals surface area contributed by atoms with Crippen molar-refractivity contribution in [3.05, 3.63) is 52.3 Å². The number of aryl methyl sites for hydroxylation is 2. The van der Waals surface area contributed by atoms with Crippen molar-refractivity contribution in [2.45, 2.75) is 26.3 Å². The average molecular weight is 431 g/mol. The molecule has 5 nitrogen and oxygen atoms in total. The Morgan fingerprint density at radius 1 is 1.10 bits per heavy atom. The number of nitrogens with zero attached hydrogens (tertiary/aromatic N) is 2. The van der Waals surface area contributed by atoms with Crippen LogP contribution in [0.3, 0.4) is 0 Å². The zero-order valence-corrected chi connectivity index (χ0v) is 18.9. The van der Waals surface area contributed by atoms with E-state index in [9.17, 15) is 4.79 Å². The molecule has 0 saturated carbocycles. The Morgan fingerprint density at radius 3 is 2.38 bits per heavy atom. The Balaban J connectivity index is 1.99. The van der Waals surface area contributed by atoms with Gasteiger partial charge in [0, 0.05) is 24.4 Å². The zero-order valence-electron chi connectivity index (χ0n) is 17.2. The highest BCUT2D eigenvalue weighted by atomic mass is 32.2. The van der Waals surface area contributed by atoms with Crippen LogP contribution in [0.5, 0.6) is 11.5 Å². The molecule has 7 heteroatoms. The molecule has 0 aliphatic carbocycles. The Bertz CT molecular complexity index is 1050. The summed E-state index contributed by atoms with van der Waals surface area (Å²) in [6.07, 6.45) is 3.36. The van der Waals surface area contributed by atoms with Crippen LogP contribution in [0.4, 0.5) is 0 Å². The topological polar surface area (TPSA) is 52.8 Å². The molecule has 29 heavy (non-hydrogen) atoms. The van der Waals surface area contributed by atoms with Crippen LogP contribution < -0.4 is 14.3 Å². The minimum atomic E-state index is -0.141. The minimum Gasteiger partial charge on any atom is -0.493 e. The van der Waals surface area contributed by atoms with E-state index in [1.54, 1.807) is 26.0 Å². The monoisotopic (exact) mass is 430 g/mol. The fraction of sp³-hybridized carbons (Fsp3) is 0.364. The van der Waals surface area contributed by atoms with Crippen molar-refractivity contribution >= 4 is 39.2 Å². The van der Waals surface area contributed by atoms with Crippen LogP contribution in [0, 0.1) is 0 Å². The number of thiazole rings is 1. The van der Waals surface area contributed by atoms with Gasteiger partial charge in [0.2, 0.25) is 0 Å². The maximum Gasteiger partial charge on any atom is 0.252 e. The molecule has 1 heterocycles. The van der Waals surface area contributed by atoms with E-state index < -0.39 is 0 Å². The SMILES string of the molecule is CCc1ccc(CC(=O)N=c2sc3cc(OC)c(OC)cc3n2CCSC)cc1. The van der Waals surface area contributed by atoms with Crippen LogP contribution in [0.15, 0.2) is 41.4 Å². The van der Waals surface area contributed by atoms with Crippen LogP contribution in [-0.4, -0.2) is 36.7 Å². The predicted octanol–water partition coefficient (Wildman–Crippen LogP) is 4.32. The highest BCUT2D eigenvalue weighted by molar-refractivity contribution is 7.98. The molecule has 154 valence electrons. The lowest BCUT2D eigenvalue weighted by Crippen LogP contribution is -2.18. The van der Waals surface area contributed by atoms with Crippen LogP contribution >= 0.6 is 23.1 Å². The van der Waals surface area contributed by atoms with E-state index in [2.05, 4.69) is 34.9 Å². The minimum absolute atomic E-state index is 0.141. The smallest absolute Gasteiger partial charge is 0.252 e. The second-order valence-electron chi connectivity index (χ2n) is 6.56. The highest BCUT2D eigenvalue weighted by Crippen LogP contribution is 2.33. The van der Waals surface area contributed by atoms with Gasteiger partial charge in [-0.25, -0.2) is 0 Å². The summed E-state index contributed by atoms with van der Waals surface area (Å²) in [5, 5.41) is 0. The molecular formula is C22H26N2O3S2. The lowest BCUT2D eigenvalue weighted by molar-refractivity contribution is -0.117. The lowest BCUT2D eigenvalue weighted by atomic mass is 10.1. The summed E-state index contributed by atoms with van der Waals surface area (Å²) >= 11 is 3.26. The fourth-order valence-electron chi connectivity index (χ4n) is 3.09. The Morgan fingerprint density at radius 2 is 1.76 bits per heavy atom. The van der Waals surface area contributed by atoms with Gasteiger partial charge in [0.1, 0.15) is 0 Å². The standard InChI is InChI=1S/C22H26N2O3S2/c1-5-15-6-8-16(9-7-15)12-21(25)23-22-24(10-11-28-4)17-13-18(26-2)19(27-3)14-20(17)29-22/h6-9,13-14H,5,10-12H2,1-4H3. The largest absolute Gasteiger partial charge is 0.493 e. The molecule has 0 unspecified atom stereocenters.